The van der Waals surface area contributed by atoms with Gasteiger partial charge in [-0.25, -0.2) is 4.79 Å². The van der Waals surface area contributed by atoms with E-state index in [0.29, 0.717) is 24.0 Å². The molecule has 0 aromatic heterocycles. The van der Waals surface area contributed by atoms with E-state index < -0.39 is 60.1 Å². The summed E-state index contributed by atoms with van der Waals surface area (Å²) in [6.07, 6.45) is -0.664. The maximum atomic E-state index is 14.5. The van der Waals surface area contributed by atoms with Crippen molar-refractivity contribution in [3.05, 3.63) is 59.7 Å². The highest BCUT2D eigenvalue weighted by atomic mass is 16.4. The molecule has 0 unspecified atom stereocenters. The maximum Gasteiger partial charge on any atom is 0.326 e. The number of carboxylic acid groups (broad SMARTS) is 1. The number of aliphatic hydroxyl groups excluding tert-OH is 2. The molecule has 2 aliphatic rings. The topological polar surface area (TPSA) is 261 Å². The molecule has 15 nitrogen and oxygen atoms in total. The molecule has 48 heavy (non-hydrogen) atoms. The largest absolute Gasteiger partial charge is 0.508 e. The van der Waals surface area contributed by atoms with Crippen LogP contribution in [0.15, 0.2) is 53.5 Å². The summed E-state index contributed by atoms with van der Waals surface area (Å²) in [5.41, 5.74) is 11.8. The second kappa shape index (κ2) is 16.3. The van der Waals surface area contributed by atoms with Gasteiger partial charge >= 0.3 is 5.97 Å². The highest BCUT2D eigenvalue weighted by molar-refractivity contribution is 5.95. The number of hydrogen-bond acceptors (Lipinski definition) is 9. The van der Waals surface area contributed by atoms with Gasteiger partial charge in [0, 0.05) is 25.4 Å². The molecule has 0 bridgehead atoms. The van der Waals surface area contributed by atoms with Crippen molar-refractivity contribution < 1.29 is 44.7 Å². The molecular weight excluding hydrogens is 624 g/mol. The molecular formula is C33H44N6O9. The first-order chi connectivity index (χ1) is 22.8. The molecule has 1 aliphatic heterocycles. The van der Waals surface area contributed by atoms with Crippen LogP contribution in [0.4, 0.5) is 0 Å². The standard InChI is InChI=1S/C33H44N6O9/c34-33(35)36-13-1-2-24(32(47)48)37-29(44)27-16-20-7-12-23(42)17-26(20)39(27)31(46)25(14-18-3-8-21(40)9-4-18)38-30(45)28(43)15-19-5-10-22(41)11-6-19/h3-6,8-11,20,23-28,40-43H,1-2,7,12-17H2,(H,37,44)(H,38,45)(H,47,48)(H4,34,35,36)/t20-,23+,24-,25+,26-,27-,28-/m0/s1. The lowest BCUT2D eigenvalue weighted by Crippen LogP contribution is -2.59. The van der Waals surface area contributed by atoms with Gasteiger partial charge in [-0.1, -0.05) is 24.3 Å². The zero-order chi connectivity index (χ0) is 35.0. The number of carbonyl (C=O) groups is 4. The second-order valence-corrected chi connectivity index (χ2v) is 12.5. The van der Waals surface area contributed by atoms with Crippen molar-refractivity contribution in [2.75, 3.05) is 6.54 Å². The summed E-state index contributed by atoms with van der Waals surface area (Å²) in [4.78, 5) is 58.8. The van der Waals surface area contributed by atoms with Crippen molar-refractivity contribution in [2.24, 2.45) is 22.4 Å². The van der Waals surface area contributed by atoms with Crippen molar-refractivity contribution >= 4 is 29.7 Å². The van der Waals surface area contributed by atoms with Gasteiger partial charge in [-0.3, -0.25) is 19.4 Å². The first kappa shape index (κ1) is 36.0. The molecule has 0 radical (unpaired) electrons. The number of phenolic OH excluding ortho intramolecular Hbond substituents is 2. The number of aromatic hydroxyl groups is 2. The van der Waals surface area contributed by atoms with Gasteiger partial charge in [0.2, 0.25) is 17.7 Å². The molecule has 15 heteroatoms. The van der Waals surface area contributed by atoms with E-state index in [1.165, 1.54) is 29.2 Å². The molecule has 1 aliphatic carbocycles. The number of nitrogens with one attached hydrogen (secondary N) is 2. The number of carboxylic acids is 1. The summed E-state index contributed by atoms with van der Waals surface area (Å²) < 4.78 is 0. The maximum absolute atomic E-state index is 14.5. The van der Waals surface area contributed by atoms with E-state index in [9.17, 15) is 44.7 Å². The highest BCUT2D eigenvalue weighted by Gasteiger charge is 2.50. The number of rotatable bonds is 14. The predicted molar refractivity (Wildman–Crippen MR) is 173 cm³/mol. The van der Waals surface area contributed by atoms with Crippen molar-refractivity contribution in [1.82, 2.24) is 15.5 Å². The van der Waals surface area contributed by atoms with E-state index in [-0.39, 0.29) is 68.4 Å². The van der Waals surface area contributed by atoms with Crippen LogP contribution < -0.4 is 22.1 Å². The number of amides is 3. The van der Waals surface area contributed by atoms with Gasteiger partial charge in [0.1, 0.15) is 35.7 Å². The summed E-state index contributed by atoms with van der Waals surface area (Å²) in [7, 11) is 0. The smallest absolute Gasteiger partial charge is 0.326 e. The Balaban J connectivity index is 1.59. The molecule has 2 aromatic carbocycles. The van der Waals surface area contributed by atoms with Gasteiger partial charge < -0.3 is 52.5 Å². The van der Waals surface area contributed by atoms with Crippen molar-refractivity contribution in [1.29, 1.82) is 0 Å². The van der Waals surface area contributed by atoms with Crippen LogP contribution in [-0.2, 0) is 32.0 Å². The zero-order valence-electron chi connectivity index (χ0n) is 26.4. The van der Waals surface area contributed by atoms with Crippen LogP contribution in [0.25, 0.3) is 0 Å². The Hall–Kier alpha value is -4.89. The number of fused-ring (bicyclic) bond motifs is 1. The van der Waals surface area contributed by atoms with Gasteiger partial charge in [-0.05, 0) is 79.8 Å². The minimum atomic E-state index is -1.55. The fourth-order valence-electron chi connectivity index (χ4n) is 6.48. The lowest BCUT2D eigenvalue weighted by atomic mass is 9.83. The quantitative estimate of drug-likeness (QED) is 0.0703. The third-order valence-corrected chi connectivity index (χ3v) is 8.92. The molecule has 0 spiro atoms. The Bertz CT molecular complexity index is 1460. The number of aliphatic carboxylic acids is 1. The average molecular weight is 669 g/mol. The monoisotopic (exact) mass is 668 g/mol. The Labute approximate surface area is 277 Å². The number of nitrogens with zero attached hydrogens (tertiary/aromatic N) is 2. The van der Waals surface area contributed by atoms with Crippen LogP contribution in [0.1, 0.15) is 49.7 Å². The summed E-state index contributed by atoms with van der Waals surface area (Å²) >= 11 is 0. The van der Waals surface area contributed by atoms with Crippen LogP contribution in [-0.4, -0.2) is 103 Å². The number of aliphatic imine (C=N–C) groups is 1. The van der Waals surface area contributed by atoms with E-state index in [1.807, 2.05) is 0 Å². The normalized spacial score (nSPS) is 22.1. The summed E-state index contributed by atoms with van der Waals surface area (Å²) in [6.45, 7) is 0.162. The fraction of sp³-hybridized carbons (Fsp3) is 0.485. The highest BCUT2D eigenvalue weighted by Crippen LogP contribution is 2.40. The van der Waals surface area contributed by atoms with Gasteiger partial charge in [0.15, 0.2) is 5.96 Å². The molecule has 1 saturated carbocycles. The zero-order valence-corrected chi connectivity index (χ0v) is 26.4. The Morgan fingerprint density at radius 3 is 2.06 bits per heavy atom. The third-order valence-electron chi connectivity index (χ3n) is 8.92. The van der Waals surface area contributed by atoms with Crippen molar-refractivity contribution in [3.63, 3.8) is 0 Å². The first-order valence-electron chi connectivity index (χ1n) is 16.0. The molecule has 2 fully saturated rings. The Morgan fingerprint density at radius 2 is 1.48 bits per heavy atom. The van der Waals surface area contributed by atoms with Gasteiger partial charge in [0.05, 0.1) is 6.10 Å². The fourth-order valence-corrected chi connectivity index (χ4v) is 6.48. The SMILES string of the molecule is NC(N)=NCCC[C@H](NC(=O)[C@@H]1C[C@@H]2CC[C@@H](O)C[C@@H]2N1C(=O)[C@@H](Cc1ccc(O)cc1)NC(=O)[C@@H](O)Cc1ccc(O)cc1)C(=O)O. The molecule has 3 amide bonds. The van der Waals surface area contributed by atoms with Gasteiger partial charge in [0.25, 0.3) is 0 Å². The molecule has 260 valence electrons. The van der Waals surface area contributed by atoms with Crippen LogP contribution in [0, 0.1) is 5.92 Å². The van der Waals surface area contributed by atoms with E-state index in [4.69, 9.17) is 11.5 Å². The van der Waals surface area contributed by atoms with Crippen LogP contribution in [0.2, 0.25) is 0 Å². The predicted octanol–water partition coefficient (Wildman–Crippen LogP) is -0.518. The van der Waals surface area contributed by atoms with Gasteiger partial charge in [-0.15, -0.1) is 0 Å². The first-order valence-corrected chi connectivity index (χ1v) is 16.0. The minimum Gasteiger partial charge on any atom is -0.508 e. The average Bonchev–Trinajstić information content (AvgIpc) is 3.42. The molecule has 4 rings (SSSR count). The lowest BCUT2D eigenvalue weighted by Gasteiger charge is -2.37. The summed E-state index contributed by atoms with van der Waals surface area (Å²) in [5, 5.41) is 55.7. The molecule has 11 N–H and O–H groups in total. The van der Waals surface area contributed by atoms with E-state index in [1.54, 1.807) is 24.3 Å². The molecule has 2 aromatic rings. The van der Waals surface area contributed by atoms with Crippen molar-refractivity contribution in [3.8, 4) is 11.5 Å². The van der Waals surface area contributed by atoms with Gasteiger partial charge in [-0.2, -0.15) is 0 Å². The minimum absolute atomic E-state index is 0.00317. The lowest BCUT2D eigenvalue weighted by molar-refractivity contribution is -0.147. The van der Waals surface area contributed by atoms with E-state index >= 15 is 0 Å². The van der Waals surface area contributed by atoms with Crippen molar-refractivity contribution in [2.45, 2.75) is 87.7 Å². The number of carbonyl (C=O) groups excluding carboxylic acids is 3. The van der Waals surface area contributed by atoms with Crippen LogP contribution in [0.5, 0.6) is 11.5 Å². The molecule has 7 atom stereocenters. The third kappa shape index (κ3) is 9.58. The molecule has 1 saturated heterocycles. The Morgan fingerprint density at radius 1 is 0.875 bits per heavy atom. The van der Waals surface area contributed by atoms with E-state index in [0.717, 1.165) is 0 Å². The number of benzene rings is 2. The number of nitrogens with two attached hydrogens (primary N) is 2. The summed E-state index contributed by atoms with van der Waals surface area (Å²) in [5.74, 6) is -3.69. The number of phenols is 2. The number of aliphatic hydroxyl groups is 2. The van der Waals surface area contributed by atoms with Crippen LogP contribution >= 0.6 is 0 Å². The summed E-state index contributed by atoms with van der Waals surface area (Å²) in [6, 6.07) is 7.78. The Kier molecular flexibility index (Phi) is 12.2. The number of guanidine groups is 1. The second-order valence-electron chi connectivity index (χ2n) is 12.5. The molecule has 1 heterocycles. The van der Waals surface area contributed by atoms with E-state index in [2.05, 4.69) is 15.6 Å². The van der Waals surface area contributed by atoms with Crippen LogP contribution in [0.3, 0.4) is 0 Å². The number of hydrogen-bond donors (Lipinski definition) is 9. The number of likely N-dealkylation sites (tertiary alicyclic amines) is 1.